The Kier molecular flexibility index (Phi) is 9.32. The van der Waals surface area contributed by atoms with Gasteiger partial charge in [-0.15, -0.1) is 0 Å². The lowest BCUT2D eigenvalue weighted by Gasteiger charge is -2.39. The molecule has 4 nitrogen and oxygen atoms in total. The van der Waals surface area contributed by atoms with Crippen LogP contribution in [0.1, 0.15) is 118 Å². The minimum absolute atomic E-state index is 0.0231. The van der Waals surface area contributed by atoms with E-state index >= 15 is 0 Å². The summed E-state index contributed by atoms with van der Waals surface area (Å²) in [5.74, 6) is 2.82. The number of fused-ring (bicyclic) bond motifs is 9. The highest BCUT2D eigenvalue weighted by molar-refractivity contribution is 6.12. The Labute approximate surface area is 361 Å². The van der Waals surface area contributed by atoms with Crippen LogP contribution in [0.4, 0.5) is 0 Å². The Hall–Kier alpha value is -6.39. The monoisotopic (exact) mass is 795 g/mol. The summed E-state index contributed by atoms with van der Waals surface area (Å²) >= 11 is 0. The molecule has 3 aliphatic rings. The molecule has 0 N–H and O–H groups in total. The number of ether oxygens (including phenoxy) is 1. The maximum Gasteiger partial charge on any atom is 0.155 e. The molecule has 1 spiro atoms. The predicted molar refractivity (Wildman–Crippen MR) is 252 cm³/mol. The van der Waals surface area contributed by atoms with Crippen LogP contribution in [0.2, 0.25) is 0 Å². The summed E-state index contributed by atoms with van der Waals surface area (Å²) in [6.45, 7) is 15.8. The molecule has 10 rings (SSSR count). The molecule has 0 saturated carbocycles. The number of benzene rings is 6. The normalized spacial score (nSPS) is 17.8. The fraction of sp³-hybridized carbons (Fsp3) is 0.246. The van der Waals surface area contributed by atoms with Crippen molar-refractivity contribution in [2.75, 3.05) is 0 Å². The van der Waals surface area contributed by atoms with Gasteiger partial charge in [-0.25, -0.2) is 4.99 Å². The molecular weight excluding hydrogens is 743 g/mol. The first kappa shape index (κ1) is 38.8. The molecule has 0 fully saturated rings. The second-order valence-electron chi connectivity index (χ2n) is 19.2. The zero-order valence-corrected chi connectivity index (χ0v) is 36.3. The average molecular weight is 796 g/mol. The lowest BCUT2D eigenvalue weighted by molar-refractivity contribution is 0.434. The van der Waals surface area contributed by atoms with Crippen LogP contribution in [0, 0.1) is 5.92 Å². The lowest BCUT2D eigenvalue weighted by atomic mass is 9.66. The molecule has 4 heteroatoms. The number of aromatic nitrogens is 1. The molecule has 0 bridgehead atoms. The van der Waals surface area contributed by atoms with Crippen molar-refractivity contribution < 1.29 is 4.74 Å². The van der Waals surface area contributed by atoms with Gasteiger partial charge in [-0.3, -0.25) is 9.98 Å². The summed E-state index contributed by atoms with van der Waals surface area (Å²) in [7, 11) is 0. The van der Waals surface area contributed by atoms with Crippen molar-refractivity contribution in [1.82, 2.24) is 4.98 Å². The van der Waals surface area contributed by atoms with E-state index in [0.29, 0.717) is 0 Å². The fourth-order valence-electron chi connectivity index (χ4n) is 9.91. The summed E-state index contributed by atoms with van der Waals surface area (Å²) in [5.41, 5.74) is 15.8. The first-order valence-corrected chi connectivity index (χ1v) is 21.9. The van der Waals surface area contributed by atoms with Crippen molar-refractivity contribution in [2.45, 2.75) is 83.6 Å². The standard InChI is InChI=1S/C57H53N3O/c1-36-25-33-48(38-28-26-37(27-29-38)41-32-34-51(55(2,3)4)59-53(41)56(5,6)7)58-54(39-17-9-8-10-18-39)60-52(36)40-30-31-43-42-19-11-12-20-44(42)57(47(43)35-40)45-21-13-15-23-49(45)61-50-24-16-14-22-46(50)57/h8-24,26-32,34-36,52H,25,33H2,1-7H3. The number of rotatable bonds is 4. The van der Waals surface area contributed by atoms with Crippen molar-refractivity contribution in [2.24, 2.45) is 15.9 Å². The molecule has 2 atom stereocenters. The van der Waals surface area contributed by atoms with E-state index in [-0.39, 0.29) is 22.8 Å². The van der Waals surface area contributed by atoms with E-state index in [0.717, 1.165) is 58.4 Å². The van der Waals surface area contributed by atoms with Crippen molar-refractivity contribution >= 4 is 11.5 Å². The van der Waals surface area contributed by atoms with Crippen molar-refractivity contribution in [3.8, 4) is 33.8 Å². The number of pyridine rings is 1. The molecule has 1 aliphatic carbocycles. The number of aliphatic imine (C=N–C) groups is 2. The Morgan fingerprint density at radius 2 is 1.13 bits per heavy atom. The quantitative estimate of drug-likeness (QED) is 0.178. The molecular formula is C57H53N3O. The van der Waals surface area contributed by atoms with Crippen LogP contribution in [0.25, 0.3) is 22.3 Å². The van der Waals surface area contributed by atoms with Gasteiger partial charge in [0, 0.05) is 38.8 Å². The van der Waals surface area contributed by atoms with Gasteiger partial charge in [-0.2, -0.15) is 0 Å². The first-order chi connectivity index (χ1) is 29.4. The number of para-hydroxylation sites is 2. The molecule has 0 radical (unpaired) electrons. The molecule has 2 unspecified atom stereocenters. The van der Waals surface area contributed by atoms with Crippen molar-refractivity contribution in [3.05, 3.63) is 208 Å². The third-order valence-corrected chi connectivity index (χ3v) is 13.0. The summed E-state index contributed by atoms with van der Waals surface area (Å²) in [6.07, 6.45) is 1.79. The molecule has 0 saturated heterocycles. The Balaban J connectivity index is 1.09. The van der Waals surface area contributed by atoms with Crippen LogP contribution in [0.15, 0.2) is 168 Å². The highest BCUT2D eigenvalue weighted by atomic mass is 16.5. The smallest absolute Gasteiger partial charge is 0.155 e. The van der Waals surface area contributed by atoms with Crippen LogP contribution >= 0.6 is 0 Å². The van der Waals surface area contributed by atoms with Gasteiger partial charge in [0.05, 0.1) is 22.9 Å². The number of hydrogen-bond donors (Lipinski definition) is 0. The molecule has 2 aliphatic heterocycles. The summed E-state index contributed by atoms with van der Waals surface area (Å²) < 4.78 is 6.62. The topological polar surface area (TPSA) is 46.8 Å². The van der Waals surface area contributed by atoms with E-state index in [9.17, 15) is 0 Å². The van der Waals surface area contributed by atoms with Crippen molar-refractivity contribution in [1.29, 1.82) is 0 Å². The maximum atomic E-state index is 6.62. The summed E-state index contributed by atoms with van der Waals surface area (Å²) in [5, 5.41) is 0. The second kappa shape index (κ2) is 14.7. The Bertz CT molecular complexity index is 2830. The van der Waals surface area contributed by atoms with E-state index in [2.05, 4.69) is 206 Å². The average Bonchev–Trinajstić information content (AvgIpc) is 3.55. The first-order valence-electron chi connectivity index (χ1n) is 21.9. The van der Waals surface area contributed by atoms with Gasteiger partial charge in [0.15, 0.2) is 5.84 Å². The van der Waals surface area contributed by atoms with E-state index in [1.807, 2.05) is 0 Å². The second-order valence-corrected chi connectivity index (χ2v) is 19.2. The lowest BCUT2D eigenvalue weighted by Crippen LogP contribution is -2.32. The van der Waals surface area contributed by atoms with E-state index in [1.54, 1.807) is 0 Å². The van der Waals surface area contributed by atoms with Gasteiger partial charge in [0.25, 0.3) is 0 Å². The van der Waals surface area contributed by atoms with Crippen LogP contribution in [-0.4, -0.2) is 16.5 Å². The molecule has 61 heavy (non-hydrogen) atoms. The minimum atomic E-state index is -0.528. The van der Waals surface area contributed by atoms with Gasteiger partial charge >= 0.3 is 0 Å². The molecule has 0 amide bonds. The van der Waals surface area contributed by atoms with E-state index < -0.39 is 5.41 Å². The molecule has 1 aromatic heterocycles. The SMILES string of the molecule is CC1CCC(c2ccc(-c3ccc(C(C)(C)C)nc3C(C)(C)C)cc2)=NC(c2ccccc2)=NC1c1ccc2c(c1)C1(c3ccccc3Oc3ccccc31)c1ccccc1-2. The van der Waals surface area contributed by atoms with Crippen LogP contribution in [-0.2, 0) is 16.2 Å². The van der Waals surface area contributed by atoms with E-state index in [1.165, 1.54) is 50.1 Å². The fourth-order valence-corrected chi connectivity index (χ4v) is 9.91. The Morgan fingerprint density at radius 1 is 0.541 bits per heavy atom. The maximum absolute atomic E-state index is 6.62. The van der Waals surface area contributed by atoms with Gasteiger partial charge in [-0.05, 0) is 75.9 Å². The van der Waals surface area contributed by atoms with Crippen LogP contribution in [0.5, 0.6) is 11.5 Å². The van der Waals surface area contributed by atoms with Gasteiger partial charge < -0.3 is 4.74 Å². The highest BCUT2D eigenvalue weighted by Crippen LogP contribution is 2.62. The number of nitrogens with zero attached hydrogens (tertiary/aromatic N) is 3. The molecule has 7 aromatic rings. The highest BCUT2D eigenvalue weighted by Gasteiger charge is 2.51. The molecule has 6 aromatic carbocycles. The van der Waals surface area contributed by atoms with E-state index in [4.69, 9.17) is 19.7 Å². The third kappa shape index (κ3) is 6.55. The summed E-state index contributed by atoms with van der Waals surface area (Å²) in [6, 6.07) is 57.0. The van der Waals surface area contributed by atoms with Gasteiger partial charge in [-0.1, -0.05) is 188 Å². The number of amidine groups is 1. The third-order valence-electron chi connectivity index (χ3n) is 13.0. The van der Waals surface area contributed by atoms with Gasteiger partial charge in [0.2, 0.25) is 0 Å². The largest absolute Gasteiger partial charge is 0.457 e. The summed E-state index contributed by atoms with van der Waals surface area (Å²) in [4.78, 5) is 16.4. The minimum Gasteiger partial charge on any atom is -0.457 e. The zero-order valence-electron chi connectivity index (χ0n) is 36.3. The predicted octanol–water partition coefficient (Wildman–Crippen LogP) is 14.2. The van der Waals surface area contributed by atoms with Gasteiger partial charge in [0.1, 0.15) is 11.5 Å². The zero-order chi connectivity index (χ0) is 42.1. The molecule has 3 heterocycles. The van der Waals surface area contributed by atoms with Crippen LogP contribution in [0.3, 0.4) is 0 Å². The van der Waals surface area contributed by atoms with Crippen LogP contribution < -0.4 is 4.74 Å². The number of hydrogen-bond acceptors (Lipinski definition) is 4. The Morgan fingerprint density at radius 3 is 1.80 bits per heavy atom. The van der Waals surface area contributed by atoms with Crippen molar-refractivity contribution in [3.63, 3.8) is 0 Å². The molecule has 302 valence electrons.